The second-order valence-electron chi connectivity index (χ2n) is 8.03. The zero-order valence-corrected chi connectivity index (χ0v) is 18.8. The number of aryl methyl sites for hydroxylation is 1. The van der Waals surface area contributed by atoms with Gasteiger partial charge in [0.15, 0.2) is 0 Å². The van der Waals surface area contributed by atoms with E-state index in [0.717, 1.165) is 29.7 Å². The average Bonchev–Trinajstić information content (AvgIpc) is 2.74. The molecule has 6 nitrogen and oxygen atoms in total. The van der Waals surface area contributed by atoms with Crippen LogP contribution in [0.3, 0.4) is 0 Å². The highest BCUT2D eigenvalue weighted by Crippen LogP contribution is 2.25. The standard InChI is InChI=1S/C23H30N2O4S/c1-16-11-13-25(14-12-16)30(27,28)21-10-5-17(2)22(15-21)23(26)24-18(3)19-6-8-20(29-4)9-7-19/h5-10,15-16,18H,11-14H2,1-4H3,(H,24,26). The lowest BCUT2D eigenvalue weighted by atomic mass is 10.0. The van der Waals surface area contributed by atoms with Crippen LogP contribution in [0.15, 0.2) is 47.4 Å². The van der Waals surface area contributed by atoms with E-state index in [1.165, 1.54) is 10.4 Å². The van der Waals surface area contributed by atoms with Crippen molar-refractivity contribution in [1.82, 2.24) is 9.62 Å². The van der Waals surface area contributed by atoms with Crippen LogP contribution in [0.4, 0.5) is 0 Å². The van der Waals surface area contributed by atoms with Gasteiger partial charge in [-0.25, -0.2) is 8.42 Å². The number of hydrogen-bond donors (Lipinski definition) is 1. The van der Waals surface area contributed by atoms with Crippen molar-refractivity contribution < 1.29 is 17.9 Å². The maximum Gasteiger partial charge on any atom is 0.252 e. The third kappa shape index (κ3) is 4.84. The molecule has 0 spiro atoms. The van der Waals surface area contributed by atoms with Gasteiger partial charge in [0.05, 0.1) is 18.0 Å². The lowest BCUT2D eigenvalue weighted by Crippen LogP contribution is -2.38. The number of piperidine rings is 1. The molecule has 2 aromatic carbocycles. The number of methoxy groups -OCH3 is 1. The average molecular weight is 431 g/mol. The molecule has 2 aromatic rings. The van der Waals surface area contributed by atoms with Gasteiger partial charge in [0.25, 0.3) is 5.91 Å². The SMILES string of the molecule is COc1ccc(C(C)NC(=O)c2cc(S(=O)(=O)N3CCC(C)CC3)ccc2C)cc1. The number of nitrogens with zero attached hydrogens (tertiary/aromatic N) is 1. The van der Waals surface area contributed by atoms with Crippen LogP contribution in [0.2, 0.25) is 0 Å². The van der Waals surface area contributed by atoms with E-state index in [1.54, 1.807) is 19.2 Å². The summed E-state index contributed by atoms with van der Waals surface area (Å²) in [5, 5.41) is 2.97. The van der Waals surface area contributed by atoms with Crippen LogP contribution >= 0.6 is 0 Å². The molecule has 1 saturated heterocycles. The summed E-state index contributed by atoms with van der Waals surface area (Å²) in [4.78, 5) is 13.1. The first kappa shape index (κ1) is 22.3. The van der Waals surface area contributed by atoms with Crippen molar-refractivity contribution in [3.8, 4) is 5.75 Å². The Morgan fingerprint density at radius 3 is 2.37 bits per heavy atom. The lowest BCUT2D eigenvalue weighted by Gasteiger charge is -2.29. The molecule has 0 saturated carbocycles. The Kier molecular flexibility index (Phi) is 6.83. The van der Waals surface area contributed by atoms with Gasteiger partial charge in [-0.05, 0) is 68.0 Å². The van der Waals surface area contributed by atoms with Crippen molar-refractivity contribution in [2.75, 3.05) is 20.2 Å². The highest BCUT2D eigenvalue weighted by Gasteiger charge is 2.29. The van der Waals surface area contributed by atoms with Gasteiger partial charge in [-0.3, -0.25) is 4.79 Å². The Balaban J connectivity index is 1.79. The quantitative estimate of drug-likeness (QED) is 0.754. The first-order valence-corrected chi connectivity index (χ1v) is 11.7. The number of carbonyl (C=O) groups excluding carboxylic acids is 1. The Morgan fingerprint density at radius 1 is 1.13 bits per heavy atom. The predicted molar refractivity (Wildman–Crippen MR) is 117 cm³/mol. The van der Waals surface area contributed by atoms with E-state index in [9.17, 15) is 13.2 Å². The van der Waals surface area contributed by atoms with Crippen LogP contribution < -0.4 is 10.1 Å². The first-order chi connectivity index (χ1) is 14.2. The highest BCUT2D eigenvalue weighted by atomic mass is 32.2. The molecular weight excluding hydrogens is 400 g/mol. The predicted octanol–water partition coefficient (Wildman–Crippen LogP) is 3.92. The molecule has 1 N–H and O–H groups in total. The van der Waals surface area contributed by atoms with Crippen LogP contribution in [0.1, 0.15) is 54.2 Å². The molecule has 7 heteroatoms. The molecule has 1 fully saturated rings. The minimum absolute atomic E-state index is 0.171. The Hall–Kier alpha value is -2.38. The third-order valence-corrected chi connectivity index (χ3v) is 7.69. The van der Waals surface area contributed by atoms with Gasteiger partial charge < -0.3 is 10.1 Å². The van der Waals surface area contributed by atoms with Crippen LogP contribution in [0.5, 0.6) is 5.75 Å². The van der Waals surface area contributed by atoms with Gasteiger partial charge in [0, 0.05) is 18.7 Å². The third-order valence-electron chi connectivity index (χ3n) is 5.80. The number of carbonyl (C=O) groups is 1. The summed E-state index contributed by atoms with van der Waals surface area (Å²) in [6, 6.07) is 12.0. The molecule has 1 atom stereocenters. The molecule has 1 unspecified atom stereocenters. The summed E-state index contributed by atoms with van der Waals surface area (Å²) < 4.78 is 32.8. The van der Waals surface area contributed by atoms with E-state index in [2.05, 4.69) is 12.2 Å². The van der Waals surface area contributed by atoms with Crippen LogP contribution in [0, 0.1) is 12.8 Å². The fourth-order valence-electron chi connectivity index (χ4n) is 3.63. The van der Waals surface area contributed by atoms with E-state index in [4.69, 9.17) is 4.74 Å². The van der Waals surface area contributed by atoms with E-state index in [-0.39, 0.29) is 16.8 Å². The maximum atomic E-state index is 13.1. The number of benzene rings is 2. The zero-order valence-electron chi connectivity index (χ0n) is 18.0. The summed E-state index contributed by atoms with van der Waals surface area (Å²) in [7, 11) is -2.00. The fourth-order valence-corrected chi connectivity index (χ4v) is 5.13. The normalized spacial score (nSPS) is 16.8. The summed E-state index contributed by atoms with van der Waals surface area (Å²) >= 11 is 0. The molecule has 0 bridgehead atoms. The van der Waals surface area contributed by atoms with E-state index < -0.39 is 10.0 Å². The monoisotopic (exact) mass is 430 g/mol. The molecule has 162 valence electrons. The van der Waals surface area contributed by atoms with Gasteiger partial charge in [-0.2, -0.15) is 4.31 Å². The van der Waals surface area contributed by atoms with Crippen molar-refractivity contribution in [2.24, 2.45) is 5.92 Å². The first-order valence-electron chi connectivity index (χ1n) is 10.3. The molecule has 1 aliphatic heterocycles. The zero-order chi connectivity index (χ0) is 21.9. The van der Waals surface area contributed by atoms with Gasteiger partial charge in [0.1, 0.15) is 5.75 Å². The van der Waals surface area contributed by atoms with Gasteiger partial charge in [0.2, 0.25) is 10.0 Å². The molecule has 1 aliphatic rings. The Labute approximate surface area is 179 Å². The Bertz CT molecular complexity index is 994. The Morgan fingerprint density at radius 2 is 1.77 bits per heavy atom. The number of nitrogens with one attached hydrogen (secondary N) is 1. The van der Waals surface area contributed by atoms with E-state index in [0.29, 0.717) is 24.6 Å². The number of hydrogen-bond acceptors (Lipinski definition) is 4. The van der Waals surface area contributed by atoms with Crippen molar-refractivity contribution in [2.45, 2.75) is 44.6 Å². The highest BCUT2D eigenvalue weighted by molar-refractivity contribution is 7.89. The smallest absolute Gasteiger partial charge is 0.252 e. The number of ether oxygens (including phenoxy) is 1. The number of sulfonamides is 1. The number of rotatable bonds is 6. The maximum absolute atomic E-state index is 13.1. The minimum Gasteiger partial charge on any atom is -0.497 e. The molecule has 0 aliphatic carbocycles. The molecule has 0 aromatic heterocycles. The van der Waals surface area contributed by atoms with Crippen molar-refractivity contribution in [3.63, 3.8) is 0 Å². The second kappa shape index (κ2) is 9.18. The molecule has 0 radical (unpaired) electrons. The molecule has 30 heavy (non-hydrogen) atoms. The topological polar surface area (TPSA) is 75.7 Å². The second-order valence-corrected chi connectivity index (χ2v) is 9.97. The summed E-state index contributed by atoms with van der Waals surface area (Å²) in [6.45, 7) is 6.89. The molecule has 1 amide bonds. The molecule has 1 heterocycles. The largest absolute Gasteiger partial charge is 0.497 e. The molecule has 3 rings (SSSR count). The summed E-state index contributed by atoms with van der Waals surface area (Å²) in [5.41, 5.74) is 2.05. The van der Waals surface area contributed by atoms with Crippen molar-refractivity contribution >= 4 is 15.9 Å². The molecular formula is C23H30N2O4S. The van der Waals surface area contributed by atoms with E-state index >= 15 is 0 Å². The van der Waals surface area contributed by atoms with Gasteiger partial charge in [-0.15, -0.1) is 0 Å². The van der Waals surface area contributed by atoms with Crippen LogP contribution in [0.25, 0.3) is 0 Å². The number of amides is 1. The minimum atomic E-state index is -3.61. The van der Waals surface area contributed by atoms with E-state index in [1.807, 2.05) is 38.1 Å². The summed E-state index contributed by atoms with van der Waals surface area (Å²) in [6.07, 6.45) is 1.72. The van der Waals surface area contributed by atoms with Crippen LogP contribution in [-0.2, 0) is 10.0 Å². The van der Waals surface area contributed by atoms with Gasteiger partial charge in [-0.1, -0.05) is 25.1 Å². The lowest BCUT2D eigenvalue weighted by molar-refractivity contribution is 0.0939. The van der Waals surface area contributed by atoms with Crippen molar-refractivity contribution in [1.29, 1.82) is 0 Å². The van der Waals surface area contributed by atoms with Crippen LogP contribution in [-0.4, -0.2) is 38.8 Å². The summed E-state index contributed by atoms with van der Waals surface area (Å²) in [5.74, 6) is 0.994. The van der Waals surface area contributed by atoms with Crippen molar-refractivity contribution in [3.05, 3.63) is 59.2 Å². The fraction of sp³-hybridized carbons (Fsp3) is 0.435. The van der Waals surface area contributed by atoms with Gasteiger partial charge >= 0.3 is 0 Å².